The molecule has 0 radical (unpaired) electrons. The van der Waals surface area contributed by atoms with Crippen LogP contribution in [0, 0.1) is 11.8 Å². The lowest BCUT2D eigenvalue weighted by atomic mass is 10.0. The van der Waals surface area contributed by atoms with Gasteiger partial charge in [-0.05, 0) is 49.7 Å². The van der Waals surface area contributed by atoms with Gasteiger partial charge in [0.15, 0.2) is 17.1 Å². The SMILES string of the molecule is COc1cc(Cl)cc2cc(C(=O)N(C)C3C[C@H]4CC(O)C[C@H]4C3)oc12. The Morgan fingerprint density at radius 3 is 2.56 bits per heavy atom. The molecule has 1 N–H and O–H groups in total. The molecule has 4 atom stereocenters. The molecule has 2 aromatic rings. The van der Waals surface area contributed by atoms with Crippen LogP contribution in [0.3, 0.4) is 0 Å². The highest BCUT2D eigenvalue weighted by atomic mass is 35.5. The number of hydrogen-bond acceptors (Lipinski definition) is 4. The quantitative estimate of drug-likeness (QED) is 0.902. The second-order valence-electron chi connectivity index (χ2n) is 7.32. The zero-order chi connectivity index (χ0) is 17.7. The molecule has 2 aliphatic carbocycles. The van der Waals surface area contributed by atoms with E-state index in [-0.39, 0.29) is 18.1 Å². The van der Waals surface area contributed by atoms with Crippen molar-refractivity contribution in [2.24, 2.45) is 11.8 Å². The summed E-state index contributed by atoms with van der Waals surface area (Å²) in [4.78, 5) is 14.7. The number of halogens is 1. The van der Waals surface area contributed by atoms with Gasteiger partial charge < -0.3 is 19.2 Å². The molecule has 1 aromatic heterocycles. The molecule has 0 aliphatic heterocycles. The zero-order valence-corrected chi connectivity index (χ0v) is 15.1. The maximum atomic E-state index is 12.9. The number of nitrogens with zero attached hydrogens (tertiary/aromatic N) is 1. The third-order valence-corrected chi connectivity index (χ3v) is 6.03. The molecular weight excluding hydrogens is 342 g/mol. The van der Waals surface area contributed by atoms with Crippen LogP contribution in [0.1, 0.15) is 36.2 Å². The number of amides is 1. The molecule has 5 nitrogen and oxygen atoms in total. The summed E-state index contributed by atoms with van der Waals surface area (Å²) in [5, 5.41) is 11.1. The van der Waals surface area contributed by atoms with Crippen LogP contribution in [0.2, 0.25) is 5.02 Å². The van der Waals surface area contributed by atoms with Crippen molar-refractivity contribution < 1.29 is 19.1 Å². The van der Waals surface area contributed by atoms with E-state index in [1.54, 1.807) is 30.2 Å². The summed E-state index contributed by atoms with van der Waals surface area (Å²) in [6.07, 6.45) is 3.48. The van der Waals surface area contributed by atoms with Crippen LogP contribution in [0.25, 0.3) is 11.0 Å². The minimum Gasteiger partial charge on any atom is -0.493 e. The average Bonchev–Trinajstić information content (AvgIpc) is 3.24. The summed E-state index contributed by atoms with van der Waals surface area (Å²) in [5.74, 6) is 1.76. The largest absolute Gasteiger partial charge is 0.493 e. The third kappa shape index (κ3) is 2.89. The summed E-state index contributed by atoms with van der Waals surface area (Å²) in [6, 6.07) is 5.37. The van der Waals surface area contributed by atoms with E-state index >= 15 is 0 Å². The monoisotopic (exact) mass is 363 g/mol. The fraction of sp³-hybridized carbons (Fsp3) is 0.526. The highest BCUT2D eigenvalue weighted by Crippen LogP contribution is 2.45. The Balaban J connectivity index is 1.56. The fourth-order valence-electron chi connectivity index (χ4n) is 4.55. The van der Waals surface area contributed by atoms with Crippen LogP contribution in [0.4, 0.5) is 0 Å². The van der Waals surface area contributed by atoms with E-state index in [2.05, 4.69) is 0 Å². The van der Waals surface area contributed by atoms with Gasteiger partial charge in [-0.25, -0.2) is 0 Å². The van der Waals surface area contributed by atoms with Gasteiger partial charge in [0.25, 0.3) is 5.91 Å². The van der Waals surface area contributed by atoms with Crippen molar-refractivity contribution in [2.45, 2.75) is 37.8 Å². The lowest BCUT2D eigenvalue weighted by Crippen LogP contribution is -2.35. The Kier molecular flexibility index (Phi) is 4.16. The van der Waals surface area contributed by atoms with Crippen LogP contribution in [-0.2, 0) is 0 Å². The highest BCUT2D eigenvalue weighted by Gasteiger charge is 2.43. The summed E-state index contributed by atoms with van der Waals surface area (Å²) in [5.41, 5.74) is 0.537. The van der Waals surface area contributed by atoms with E-state index in [4.69, 9.17) is 20.8 Å². The van der Waals surface area contributed by atoms with Gasteiger partial charge in [-0.15, -0.1) is 0 Å². The molecule has 1 amide bonds. The van der Waals surface area contributed by atoms with Gasteiger partial charge in [0.1, 0.15) is 0 Å². The van der Waals surface area contributed by atoms with Crippen LogP contribution in [0.5, 0.6) is 5.75 Å². The van der Waals surface area contributed by atoms with Gasteiger partial charge in [0.2, 0.25) is 0 Å². The first kappa shape index (κ1) is 16.7. The van der Waals surface area contributed by atoms with Gasteiger partial charge in [-0.2, -0.15) is 0 Å². The standard InChI is InChI=1S/C19H22ClNO4/c1-21(14-4-10-6-15(22)7-11(10)5-14)19(23)17-8-12-3-13(20)9-16(24-2)18(12)25-17/h3,8-11,14-15,22H,4-7H2,1-2H3/t10-,11+,14?,15?. The van der Waals surface area contributed by atoms with Crippen LogP contribution < -0.4 is 4.74 Å². The van der Waals surface area contributed by atoms with E-state index < -0.39 is 0 Å². The summed E-state index contributed by atoms with van der Waals surface area (Å²) < 4.78 is 11.1. The second kappa shape index (κ2) is 6.22. The predicted molar refractivity (Wildman–Crippen MR) is 95.1 cm³/mol. The molecule has 2 aliphatic rings. The second-order valence-corrected chi connectivity index (χ2v) is 7.76. The summed E-state index contributed by atoms with van der Waals surface area (Å²) >= 11 is 6.09. The number of carbonyl (C=O) groups excluding carboxylic acids is 1. The molecule has 0 saturated heterocycles. The van der Waals surface area contributed by atoms with Crippen molar-refractivity contribution in [2.75, 3.05) is 14.2 Å². The Hall–Kier alpha value is -1.72. The molecule has 1 aromatic carbocycles. The van der Waals surface area contributed by atoms with E-state index in [1.807, 2.05) is 7.05 Å². The molecule has 1 heterocycles. The maximum Gasteiger partial charge on any atom is 0.289 e. The third-order valence-electron chi connectivity index (χ3n) is 5.81. The number of hydrogen-bond donors (Lipinski definition) is 1. The number of aliphatic hydroxyl groups is 1. The fourth-order valence-corrected chi connectivity index (χ4v) is 4.77. The zero-order valence-electron chi connectivity index (χ0n) is 14.4. The number of ether oxygens (including phenoxy) is 1. The Morgan fingerprint density at radius 1 is 1.24 bits per heavy atom. The number of rotatable bonds is 3. The van der Waals surface area contributed by atoms with Crippen LogP contribution in [0.15, 0.2) is 22.6 Å². The van der Waals surface area contributed by atoms with Crippen molar-refractivity contribution >= 4 is 28.5 Å². The predicted octanol–water partition coefficient (Wildman–Crippen LogP) is 3.72. The van der Waals surface area contributed by atoms with Crippen LogP contribution >= 0.6 is 11.6 Å². The smallest absolute Gasteiger partial charge is 0.289 e. The van der Waals surface area contributed by atoms with Gasteiger partial charge in [0.05, 0.1) is 13.2 Å². The van der Waals surface area contributed by atoms with Gasteiger partial charge in [0, 0.05) is 29.6 Å². The molecule has 0 spiro atoms. The number of fused-ring (bicyclic) bond motifs is 2. The van der Waals surface area contributed by atoms with Crippen molar-refractivity contribution in [1.29, 1.82) is 0 Å². The minimum absolute atomic E-state index is 0.125. The maximum absolute atomic E-state index is 12.9. The number of benzene rings is 1. The number of aliphatic hydroxyl groups excluding tert-OH is 1. The molecule has 0 bridgehead atoms. The Morgan fingerprint density at radius 2 is 1.92 bits per heavy atom. The van der Waals surface area contributed by atoms with E-state index in [0.29, 0.717) is 34.0 Å². The van der Waals surface area contributed by atoms with Crippen molar-refractivity contribution in [1.82, 2.24) is 4.90 Å². The molecule has 25 heavy (non-hydrogen) atoms. The highest BCUT2D eigenvalue weighted by molar-refractivity contribution is 6.31. The number of carbonyl (C=O) groups is 1. The van der Waals surface area contributed by atoms with E-state index in [9.17, 15) is 9.90 Å². The van der Waals surface area contributed by atoms with Crippen LogP contribution in [-0.4, -0.2) is 42.2 Å². The molecule has 134 valence electrons. The molecule has 2 fully saturated rings. The van der Waals surface area contributed by atoms with E-state index in [0.717, 1.165) is 31.1 Å². The summed E-state index contributed by atoms with van der Waals surface area (Å²) in [7, 11) is 3.38. The van der Waals surface area contributed by atoms with Gasteiger partial charge >= 0.3 is 0 Å². The van der Waals surface area contributed by atoms with Gasteiger partial charge in [-0.1, -0.05) is 11.6 Å². The minimum atomic E-state index is -0.162. The molecule has 4 rings (SSSR count). The van der Waals surface area contributed by atoms with Gasteiger partial charge in [-0.3, -0.25) is 4.79 Å². The molecule has 6 heteroatoms. The summed E-state index contributed by atoms with van der Waals surface area (Å²) in [6.45, 7) is 0. The lowest BCUT2D eigenvalue weighted by Gasteiger charge is -2.24. The molecule has 2 unspecified atom stereocenters. The lowest BCUT2D eigenvalue weighted by molar-refractivity contribution is 0.0692. The first-order chi connectivity index (χ1) is 12.0. The Labute approximate surface area is 151 Å². The average molecular weight is 364 g/mol. The topological polar surface area (TPSA) is 62.9 Å². The van der Waals surface area contributed by atoms with Crippen molar-refractivity contribution in [3.05, 3.63) is 29.0 Å². The van der Waals surface area contributed by atoms with E-state index in [1.165, 1.54) is 0 Å². The normalized spacial score (nSPS) is 28.3. The first-order valence-corrected chi connectivity index (χ1v) is 9.06. The molecular formula is C19H22ClNO4. The van der Waals surface area contributed by atoms with Crippen molar-refractivity contribution in [3.63, 3.8) is 0 Å². The number of methoxy groups -OCH3 is 1. The number of furan rings is 1. The Bertz CT molecular complexity index is 803. The molecule has 2 saturated carbocycles. The van der Waals surface area contributed by atoms with Crippen molar-refractivity contribution in [3.8, 4) is 5.75 Å². The first-order valence-electron chi connectivity index (χ1n) is 8.68.